The number of aliphatic hydroxyl groups excluding tert-OH is 1. The Labute approximate surface area is 118 Å². The van der Waals surface area contributed by atoms with Crippen molar-refractivity contribution in [2.45, 2.75) is 32.7 Å². The lowest BCUT2D eigenvalue weighted by Crippen LogP contribution is -2.44. The number of hydrogen-bond donors (Lipinski definition) is 1. The number of rotatable bonds is 3. The standard InChI is InChI=1S/C15H22BrNO/c1-12(13-4-6-14(16)7-5-13)17-9-3-8-15(2,10-17)11-18/h4-7,12,18H,3,8-11H2,1-2H3/t12-,15+/m1/s1. The molecule has 0 aromatic heterocycles. The van der Waals surface area contributed by atoms with E-state index in [1.807, 2.05) is 0 Å². The Balaban J connectivity index is 2.09. The number of benzene rings is 1. The van der Waals surface area contributed by atoms with Crippen molar-refractivity contribution in [3.63, 3.8) is 0 Å². The van der Waals surface area contributed by atoms with Crippen molar-refractivity contribution < 1.29 is 5.11 Å². The second-order valence-electron chi connectivity index (χ2n) is 5.77. The molecule has 1 aliphatic heterocycles. The molecular formula is C15H22BrNO. The summed E-state index contributed by atoms with van der Waals surface area (Å²) in [4.78, 5) is 2.49. The van der Waals surface area contributed by atoms with Gasteiger partial charge in [-0.25, -0.2) is 0 Å². The van der Waals surface area contributed by atoms with Gasteiger partial charge >= 0.3 is 0 Å². The fourth-order valence-electron chi connectivity index (χ4n) is 2.77. The lowest BCUT2D eigenvalue weighted by molar-refractivity contribution is 0.0281. The van der Waals surface area contributed by atoms with Gasteiger partial charge in [0, 0.05) is 29.1 Å². The van der Waals surface area contributed by atoms with Crippen LogP contribution in [0.25, 0.3) is 0 Å². The molecular weight excluding hydrogens is 290 g/mol. The Bertz CT molecular complexity index is 392. The fraction of sp³-hybridized carbons (Fsp3) is 0.600. The van der Waals surface area contributed by atoms with Crippen LogP contribution in [0.1, 0.15) is 38.3 Å². The zero-order valence-corrected chi connectivity index (χ0v) is 12.8. The van der Waals surface area contributed by atoms with E-state index in [2.05, 4.69) is 58.9 Å². The third-order valence-electron chi connectivity index (χ3n) is 4.09. The van der Waals surface area contributed by atoms with Crippen LogP contribution in [0, 0.1) is 5.41 Å². The second-order valence-corrected chi connectivity index (χ2v) is 6.69. The highest BCUT2D eigenvalue weighted by molar-refractivity contribution is 9.10. The van der Waals surface area contributed by atoms with Crippen LogP contribution in [-0.4, -0.2) is 29.7 Å². The Hall–Kier alpha value is -0.380. The lowest BCUT2D eigenvalue weighted by Gasteiger charge is -2.42. The minimum Gasteiger partial charge on any atom is -0.396 e. The predicted octanol–water partition coefficient (Wildman–Crippen LogP) is 3.60. The maximum absolute atomic E-state index is 9.52. The molecule has 0 saturated carbocycles. The van der Waals surface area contributed by atoms with E-state index in [0.29, 0.717) is 6.04 Å². The molecule has 18 heavy (non-hydrogen) atoms. The molecule has 1 saturated heterocycles. The molecule has 0 aliphatic carbocycles. The normalized spacial score (nSPS) is 27.1. The van der Waals surface area contributed by atoms with Crippen molar-refractivity contribution in [2.24, 2.45) is 5.41 Å². The van der Waals surface area contributed by atoms with Crippen LogP contribution in [0.2, 0.25) is 0 Å². The van der Waals surface area contributed by atoms with Gasteiger partial charge in [0.25, 0.3) is 0 Å². The summed E-state index contributed by atoms with van der Waals surface area (Å²) in [5, 5.41) is 9.52. The minimum atomic E-state index is 0.0713. The molecule has 2 atom stereocenters. The van der Waals surface area contributed by atoms with E-state index >= 15 is 0 Å². The number of likely N-dealkylation sites (tertiary alicyclic amines) is 1. The molecule has 0 radical (unpaired) electrons. The second kappa shape index (κ2) is 5.72. The zero-order chi connectivity index (χ0) is 13.2. The van der Waals surface area contributed by atoms with Gasteiger partial charge in [-0.2, -0.15) is 0 Å². The molecule has 0 spiro atoms. The highest BCUT2D eigenvalue weighted by Gasteiger charge is 2.32. The van der Waals surface area contributed by atoms with E-state index < -0.39 is 0 Å². The molecule has 2 nitrogen and oxygen atoms in total. The van der Waals surface area contributed by atoms with Crippen LogP contribution in [0.3, 0.4) is 0 Å². The first-order valence-corrected chi connectivity index (χ1v) is 7.44. The van der Waals surface area contributed by atoms with Gasteiger partial charge < -0.3 is 5.11 Å². The molecule has 3 heteroatoms. The minimum absolute atomic E-state index is 0.0713. The van der Waals surface area contributed by atoms with Gasteiger partial charge in [-0.1, -0.05) is 35.0 Å². The Morgan fingerprint density at radius 2 is 2.06 bits per heavy atom. The molecule has 0 unspecified atom stereocenters. The summed E-state index contributed by atoms with van der Waals surface area (Å²) in [6.07, 6.45) is 2.31. The molecule has 1 heterocycles. The van der Waals surface area contributed by atoms with Crippen molar-refractivity contribution in [1.82, 2.24) is 4.90 Å². The van der Waals surface area contributed by atoms with Gasteiger partial charge in [-0.3, -0.25) is 4.90 Å². The van der Waals surface area contributed by atoms with Gasteiger partial charge in [0.1, 0.15) is 0 Å². The van der Waals surface area contributed by atoms with Crippen molar-refractivity contribution in [1.29, 1.82) is 0 Å². The largest absolute Gasteiger partial charge is 0.396 e. The monoisotopic (exact) mass is 311 g/mol. The average molecular weight is 312 g/mol. The lowest BCUT2D eigenvalue weighted by atomic mass is 9.82. The van der Waals surface area contributed by atoms with Gasteiger partial charge in [0.2, 0.25) is 0 Å². The number of piperidine rings is 1. The molecule has 2 rings (SSSR count). The fourth-order valence-corrected chi connectivity index (χ4v) is 3.03. The van der Waals surface area contributed by atoms with Crippen molar-refractivity contribution >= 4 is 15.9 Å². The van der Waals surface area contributed by atoms with E-state index in [1.54, 1.807) is 0 Å². The predicted molar refractivity (Wildman–Crippen MR) is 78.6 cm³/mol. The first-order chi connectivity index (χ1) is 8.54. The summed E-state index contributed by atoms with van der Waals surface area (Å²) in [6, 6.07) is 8.98. The highest BCUT2D eigenvalue weighted by atomic mass is 79.9. The topological polar surface area (TPSA) is 23.5 Å². The Kier molecular flexibility index (Phi) is 4.46. The van der Waals surface area contributed by atoms with E-state index in [4.69, 9.17) is 0 Å². The number of halogens is 1. The van der Waals surface area contributed by atoms with E-state index in [-0.39, 0.29) is 12.0 Å². The SMILES string of the molecule is C[C@H](c1ccc(Br)cc1)N1CCC[C@](C)(CO)C1. The summed E-state index contributed by atoms with van der Waals surface area (Å²) >= 11 is 3.47. The number of aliphatic hydroxyl groups is 1. The third-order valence-corrected chi connectivity index (χ3v) is 4.62. The summed E-state index contributed by atoms with van der Waals surface area (Å²) in [5.74, 6) is 0. The molecule has 1 fully saturated rings. The number of hydrogen-bond acceptors (Lipinski definition) is 2. The summed E-state index contributed by atoms with van der Waals surface area (Å²) in [6.45, 7) is 6.85. The van der Waals surface area contributed by atoms with Crippen molar-refractivity contribution in [3.8, 4) is 0 Å². The molecule has 100 valence electrons. The summed E-state index contributed by atoms with van der Waals surface area (Å²) in [5.41, 5.74) is 1.42. The van der Waals surface area contributed by atoms with E-state index in [1.165, 1.54) is 12.0 Å². The average Bonchev–Trinajstić information content (AvgIpc) is 2.39. The number of nitrogens with zero attached hydrogens (tertiary/aromatic N) is 1. The summed E-state index contributed by atoms with van der Waals surface area (Å²) < 4.78 is 1.12. The molecule has 0 bridgehead atoms. The summed E-state index contributed by atoms with van der Waals surface area (Å²) in [7, 11) is 0. The zero-order valence-electron chi connectivity index (χ0n) is 11.2. The van der Waals surface area contributed by atoms with Crippen LogP contribution in [0.15, 0.2) is 28.7 Å². The van der Waals surface area contributed by atoms with Gasteiger partial charge in [0.05, 0.1) is 0 Å². The maximum Gasteiger partial charge on any atom is 0.0497 e. The molecule has 1 N–H and O–H groups in total. The molecule has 1 aromatic carbocycles. The van der Waals surface area contributed by atoms with E-state index in [0.717, 1.165) is 24.0 Å². The van der Waals surface area contributed by atoms with Gasteiger partial charge in [-0.15, -0.1) is 0 Å². The smallest absolute Gasteiger partial charge is 0.0497 e. The molecule has 1 aliphatic rings. The van der Waals surface area contributed by atoms with Crippen LogP contribution in [0.4, 0.5) is 0 Å². The Morgan fingerprint density at radius 1 is 1.39 bits per heavy atom. The van der Waals surface area contributed by atoms with Crippen molar-refractivity contribution in [3.05, 3.63) is 34.3 Å². The van der Waals surface area contributed by atoms with E-state index in [9.17, 15) is 5.11 Å². The Morgan fingerprint density at radius 3 is 2.67 bits per heavy atom. The quantitative estimate of drug-likeness (QED) is 0.922. The third kappa shape index (κ3) is 3.14. The van der Waals surface area contributed by atoms with Crippen LogP contribution in [-0.2, 0) is 0 Å². The van der Waals surface area contributed by atoms with Gasteiger partial charge in [0.15, 0.2) is 0 Å². The van der Waals surface area contributed by atoms with Crippen molar-refractivity contribution in [2.75, 3.05) is 19.7 Å². The maximum atomic E-state index is 9.52. The molecule has 1 aromatic rings. The molecule has 0 amide bonds. The first-order valence-electron chi connectivity index (χ1n) is 6.64. The van der Waals surface area contributed by atoms with Crippen LogP contribution >= 0.6 is 15.9 Å². The highest BCUT2D eigenvalue weighted by Crippen LogP contribution is 2.33. The van der Waals surface area contributed by atoms with Crippen LogP contribution in [0.5, 0.6) is 0 Å². The first kappa shape index (κ1) is 14.0. The van der Waals surface area contributed by atoms with Gasteiger partial charge in [-0.05, 0) is 44.0 Å². The van der Waals surface area contributed by atoms with Crippen LogP contribution < -0.4 is 0 Å².